The van der Waals surface area contributed by atoms with Crippen LogP contribution in [0.1, 0.15) is 59.3 Å². The Morgan fingerprint density at radius 2 is 1.64 bits per heavy atom. The van der Waals surface area contributed by atoms with Crippen LogP contribution >= 0.6 is 0 Å². The molecular formula is C27H32N2O4. The SMILES string of the molecule is COc1cc2c(cc1OC)[C@@H]1[C@@H](C(=O)N3C[C@H](C)C[C@H](C)C3)c3ccccc3C(=O)N1CC2. The van der Waals surface area contributed by atoms with Crippen LogP contribution in [0, 0.1) is 11.8 Å². The van der Waals surface area contributed by atoms with E-state index in [-0.39, 0.29) is 17.9 Å². The summed E-state index contributed by atoms with van der Waals surface area (Å²) in [6.45, 7) is 6.54. The minimum atomic E-state index is -0.437. The highest BCUT2D eigenvalue weighted by atomic mass is 16.5. The fraction of sp³-hybridized carbons (Fsp3) is 0.481. The van der Waals surface area contributed by atoms with Gasteiger partial charge in [0.25, 0.3) is 5.91 Å². The lowest BCUT2D eigenvalue weighted by Crippen LogP contribution is -2.52. The van der Waals surface area contributed by atoms with Crippen molar-refractivity contribution in [1.82, 2.24) is 9.80 Å². The number of amides is 2. The van der Waals surface area contributed by atoms with Crippen molar-refractivity contribution in [2.45, 2.75) is 38.6 Å². The zero-order chi connectivity index (χ0) is 23.3. The quantitative estimate of drug-likeness (QED) is 0.711. The van der Waals surface area contributed by atoms with Gasteiger partial charge in [0.15, 0.2) is 11.5 Å². The normalized spacial score (nSPS) is 26.2. The molecule has 2 amide bonds. The minimum absolute atomic E-state index is 0.000431. The van der Waals surface area contributed by atoms with Gasteiger partial charge in [0, 0.05) is 25.2 Å². The highest BCUT2D eigenvalue weighted by Gasteiger charge is 2.48. The zero-order valence-electron chi connectivity index (χ0n) is 19.8. The first-order valence-electron chi connectivity index (χ1n) is 11.9. The van der Waals surface area contributed by atoms with E-state index in [4.69, 9.17) is 9.47 Å². The van der Waals surface area contributed by atoms with Gasteiger partial charge in [-0.15, -0.1) is 0 Å². The van der Waals surface area contributed by atoms with Crippen LogP contribution in [0.4, 0.5) is 0 Å². The Morgan fingerprint density at radius 1 is 0.970 bits per heavy atom. The van der Waals surface area contributed by atoms with E-state index in [0.29, 0.717) is 35.4 Å². The smallest absolute Gasteiger partial charge is 0.254 e. The zero-order valence-corrected chi connectivity index (χ0v) is 19.8. The van der Waals surface area contributed by atoms with Crippen LogP contribution in [0.25, 0.3) is 0 Å². The maximum absolute atomic E-state index is 14.2. The average Bonchev–Trinajstić information content (AvgIpc) is 2.82. The number of methoxy groups -OCH3 is 2. The number of nitrogens with zero attached hydrogens (tertiary/aromatic N) is 2. The van der Waals surface area contributed by atoms with Crippen molar-refractivity contribution in [2.24, 2.45) is 11.8 Å². The summed E-state index contributed by atoms with van der Waals surface area (Å²) in [5.74, 6) is 1.92. The lowest BCUT2D eigenvalue weighted by atomic mass is 9.75. The maximum atomic E-state index is 14.2. The van der Waals surface area contributed by atoms with Crippen molar-refractivity contribution < 1.29 is 19.1 Å². The minimum Gasteiger partial charge on any atom is -0.493 e. The van der Waals surface area contributed by atoms with E-state index >= 15 is 0 Å². The van der Waals surface area contributed by atoms with Crippen molar-refractivity contribution in [3.63, 3.8) is 0 Å². The van der Waals surface area contributed by atoms with Gasteiger partial charge in [-0.25, -0.2) is 0 Å². The van der Waals surface area contributed by atoms with Crippen LogP contribution < -0.4 is 9.47 Å². The Balaban J connectivity index is 1.66. The topological polar surface area (TPSA) is 59.1 Å². The average molecular weight is 449 g/mol. The number of hydrogen-bond donors (Lipinski definition) is 0. The molecule has 3 heterocycles. The molecule has 2 aromatic rings. The molecule has 0 aliphatic carbocycles. The second-order valence-electron chi connectivity index (χ2n) is 9.85. The molecule has 2 aromatic carbocycles. The molecule has 0 aromatic heterocycles. The van der Waals surface area contributed by atoms with Crippen LogP contribution in [0.15, 0.2) is 36.4 Å². The van der Waals surface area contributed by atoms with Crippen LogP contribution in [0.5, 0.6) is 11.5 Å². The molecule has 3 aliphatic heterocycles. The number of carbonyl (C=O) groups is 2. The highest BCUT2D eigenvalue weighted by molar-refractivity contribution is 6.01. The molecule has 33 heavy (non-hydrogen) atoms. The largest absolute Gasteiger partial charge is 0.493 e. The summed E-state index contributed by atoms with van der Waals surface area (Å²) >= 11 is 0. The monoisotopic (exact) mass is 448 g/mol. The van der Waals surface area contributed by atoms with Crippen molar-refractivity contribution in [3.05, 3.63) is 58.7 Å². The molecule has 1 saturated heterocycles. The van der Waals surface area contributed by atoms with Crippen molar-refractivity contribution in [3.8, 4) is 11.5 Å². The van der Waals surface area contributed by atoms with Gasteiger partial charge in [0.1, 0.15) is 0 Å². The van der Waals surface area contributed by atoms with E-state index in [1.807, 2.05) is 46.2 Å². The fourth-order valence-corrected chi connectivity index (χ4v) is 6.16. The summed E-state index contributed by atoms with van der Waals surface area (Å²) in [5, 5.41) is 0. The Bertz CT molecular complexity index is 1090. The summed E-state index contributed by atoms with van der Waals surface area (Å²) < 4.78 is 11.1. The standard InChI is InChI=1S/C27H32N2O4/c1-16-11-17(2)15-28(14-16)27(31)24-19-7-5-6-8-20(19)26(30)29-10-9-18-12-22(32-3)23(33-4)13-21(18)25(24)29/h5-8,12-13,16-17,24-25H,9-11,14-15H2,1-4H3/t16-,17+,24-,25+/m0/s1. The van der Waals surface area contributed by atoms with E-state index in [0.717, 1.165) is 42.6 Å². The first-order valence-corrected chi connectivity index (χ1v) is 11.9. The Hall–Kier alpha value is -3.02. The molecule has 6 nitrogen and oxygen atoms in total. The third kappa shape index (κ3) is 3.56. The maximum Gasteiger partial charge on any atom is 0.254 e. The van der Waals surface area contributed by atoms with E-state index in [1.165, 1.54) is 0 Å². The summed E-state index contributed by atoms with van der Waals surface area (Å²) in [6, 6.07) is 11.3. The molecule has 5 rings (SSSR count). The molecule has 0 unspecified atom stereocenters. The first kappa shape index (κ1) is 21.8. The molecule has 0 bridgehead atoms. The van der Waals surface area contributed by atoms with E-state index in [2.05, 4.69) is 13.8 Å². The van der Waals surface area contributed by atoms with E-state index in [9.17, 15) is 9.59 Å². The van der Waals surface area contributed by atoms with Crippen molar-refractivity contribution >= 4 is 11.8 Å². The van der Waals surface area contributed by atoms with E-state index in [1.54, 1.807) is 14.2 Å². The summed E-state index contributed by atoms with van der Waals surface area (Å²) in [7, 11) is 3.25. The van der Waals surface area contributed by atoms with Crippen molar-refractivity contribution in [2.75, 3.05) is 33.9 Å². The van der Waals surface area contributed by atoms with Gasteiger partial charge in [-0.05, 0) is 59.6 Å². The summed E-state index contributed by atoms with van der Waals surface area (Å²) in [4.78, 5) is 31.6. The second-order valence-corrected chi connectivity index (χ2v) is 9.85. The van der Waals surface area contributed by atoms with E-state index < -0.39 is 5.92 Å². The van der Waals surface area contributed by atoms with Gasteiger partial charge in [-0.3, -0.25) is 9.59 Å². The Morgan fingerprint density at radius 3 is 2.33 bits per heavy atom. The number of ether oxygens (including phenoxy) is 2. The first-order chi connectivity index (χ1) is 15.9. The molecule has 0 spiro atoms. The van der Waals surface area contributed by atoms with Crippen LogP contribution in [0.2, 0.25) is 0 Å². The molecule has 0 radical (unpaired) electrons. The third-order valence-electron chi connectivity index (χ3n) is 7.47. The molecular weight excluding hydrogens is 416 g/mol. The number of piperidine rings is 1. The highest BCUT2D eigenvalue weighted by Crippen LogP contribution is 2.49. The molecule has 174 valence electrons. The van der Waals surface area contributed by atoms with Crippen LogP contribution in [-0.2, 0) is 11.2 Å². The van der Waals surface area contributed by atoms with Gasteiger partial charge in [-0.2, -0.15) is 0 Å². The van der Waals surface area contributed by atoms with Gasteiger partial charge in [0.05, 0.1) is 26.2 Å². The number of rotatable bonds is 3. The Labute approximate surface area is 195 Å². The molecule has 6 heteroatoms. The molecule has 4 atom stereocenters. The van der Waals surface area contributed by atoms with Crippen LogP contribution in [-0.4, -0.2) is 55.5 Å². The van der Waals surface area contributed by atoms with Gasteiger partial charge >= 0.3 is 0 Å². The lowest BCUT2D eigenvalue weighted by Gasteiger charge is -2.47. The molecule has 1 fully saturated rings. The predicted octanol–water partition coefficient (Wildman–Crippen LogP) is 4.05. The fourth-order valence-electron chi connectivity index (χ4n) is 6.16. The van der Waals surface area contributed by atoms with Gasteiger partial charge < -0.3 is 19.3 Å². The third-order valence-corrected chi connectivity index (χ3v) is 7.47. The lowest BCUT2D eigenvalue weighted by molar-refractivity contribution is -0.137. The number of benzene rings is 2. The van der Waals surface area contributed by atoms with Crippen LogP contribution in [0.3, 0.4) is 0 Å². The van der Waals surface area contributed by atoms with Gasteiger partial charge in [-0.1, -0.05) is 32.0 Å². The van der Waals surface area contributed by atoms with Crippen molar-refractivity contribution in [1.29, 1.82) is 0 Å². The summed E-state index contributed by atoms with van der Waals surface area (Å²) in [5.41, 5.74) is 3.58. The second kappa shape index (κ2) is 8.40. The molecule has 0 saturated carbocycles. The number of likely N-dealkylation sites (tertiary alicyclic amines) is 1. The Kier molecular flexibility index (Phi) is 5.55. The number of fused-ring (bicyclic) bond motifs is 4. The number of hydrogen-bond acceptors (Lipinski definition) is 4. The molecule has 3 aliphatic rings. The number of carbonyl (C=O) groups excluding carboxylic acids is 2. The summed E-state index contributed by atoms with van der Waals surface area (Å²) in [6.07, 6.45) is 1.86. The van der Waals surface area contributed by atoms with Gasteiger partial charge in [0.2, 0.25) is 5.91 Å². The predicted molar refractivity (Wildman–Crippen MR) is 126 cm³/mol. The molecule has 0 N–H and O–H groups in total.